The molecule has 2 aromatic carbocycles. The van der Waals surface area contributed by atoms with Crippen LogP contribution in [0.4, 0.5) is 23.2 Å². The number of anilines is 1. The molecule has 0 atom stereocenters. The van der Waals surface area contributed by atoms with Crippen molar-refractivity contribution in [2.24, 2.45) is 10.7 Å². The monoisotopic (exact) mass is 469 g/mol. The van der Waals surface area contributed by atoms with E-state index in [-0.39, 0.29) is 48.0 Å². The molecule has 0 fully saturated rings. The molecular formula is C16H16F4IN3O. The maximum absolute atomic E-state index is 13.4. The fourth-order valence-electron chi connectivity index (χ4n) is 1.84. The Hall–Kier alpha value is -2.04. The van der Waals surface area contributed by atoms with E-state index in [9.17, 15) is 17.6 Å². The van der Waals surface area contributed by atoms with Crippen molar-refractivity contribution in [3.8, 4) is 5.75 Å². The van der Waals surface area contributed by atoms with Gasteiger partial charge in [0.2, 0.25) is 0 Å². The van der Waals surface area contributed by atoms with Crippen molar-refractivity contribution in [3.05, 3.63) is 59.4 Å². The Bertz CT molecular complexity index is 733. The number of benzene rings is 2. The average Bonchev–Trinajstić information content (AvgIpc) is 2.49. The Morgan fingerprint density at radius 3 is 2.36 bits per heavy atom. The number of nitrogens with two attached hydrogens (primary N) is 1. The summed E-state index contributed by atoms with van der Waals surface area (Å²) in [4.78, 5) is 4.05. The Kier molecular flexibility index (Phi) is 7.46. The van der Waals surface area contributed by atoms with E-state index in [4.69, 9.17) is 5.73 Å². The van der Waals surface area contributed by atoms with Gasteiger partial charge in [-0.15, -0.1) is 37.1 Å². The third-order valence-corrected chi connectivity index (χ3v) is 3.03. The summed E-state index contributed by atoms with van der Waals surface area (Å²) in [6.07, 6.45) is -4.74. The zero-order valence-electron chi connectivity index (χ0n) is 13.1. The lowest BCUT2D eigenvalue weighted by Gasteiger charge is -2.10. The molecule has 0 radical (unpaired) electrons. The van der Waals surface area contributed by atoms with E-state index in [1.54, 1.807) is 19.1 Å². The second kappa shape index (κ2) is 8.88. The van der Waals surface area contributed by atoms with Gasteiger partial charge in [0.05, 0.1) is 6.54 Å². The van der Waals surface area contributed by atoms with Gasteiger partial charge in [-0.2, -0.15) is 0 Å². The molecule has 3 N–H and O–H groups in total. The number of ether oxygens (including phenoxy) is 1. The van der Waals surface area contributed by atoms with Crippen molar-refractivity contribution in [2.45, 2.75) is 19.8 Å². The molecule has 0 aliphatic heterocycles. The highest BCUT2D eigenvalue weighted by Gasteiger charge is 2.30. The number of guanidine groups is 1. The number of aryl methyl sites for hydroxylation is 1. The maximum Gasteiger partial charge on any atom is 0.573 e. The molecule has 0 saturated heterocycles. The van der Waals surface area contributed by atoms with Crippen LogP contribution >= 0.6 is 24.0 Å². The molecule has 0 bridgehead atoms. The molecule has 2 aromatic rings. The van der Waals surface area contributed by atoms with Gasteiger partial charge in [-0.3, -0.25) is 0 Å². The van der Waals surface area contributed by atoms with Crippen LogP contribution in [0.2, 0.25) is 0 Å². The molecule has 0 spiro atoms. The smallest absolute Gasteiger partial charge is 0.406 e. The SMILES string of the molecule is Cc1ccc(CN=C(N)Nc2ccc(OC(F)(F)F)cc2)cc1F.I. The summed E-state index contributed by atoms with van der Waals surface area (Å²) in [5, 5.41) is 2.73. The molecule has 2 rings (SSSR count). The molecule has 0 aromatic heterocycles. The fourth-order valence-corrected chi connectivity index (χ4v) is 1.84. The van der Waals surface area contributed by atoms with E-state index in [2.05, 4.69) is 15.0 Å². The van der Waals surface area contributed by atoms with Crippen LogP contribution in [-0.4, -0.2) is 12.3 Å². The van der Waals surface area contributed by atoms with E-state index >= 15 is 0 Å². The van der Waals surface area contributed by atoms with Crippen molar-refractivity contribution in [2.75, 3.05) is 5.32 Å². The first kappa shape index (κ1) is 21.0. The molecule has 0 unspecified atom stereocenters. The lowest BCUT2D eigenvalue weighted by atomic mass is 10.1. The number of nitrogens with zero attached hydrogens (tertiary/aromatic N) is 1. The summed E-state index contributed by atoms with van der Waals surface area (Å²) in [7, 11) is 0. The lowest BCUT2D eigenvalue weighted by molar-refractivity contribution is -0.274. The molecule has 0 saturated carbocycles. The fraction of sp³-hybridized carbons (Fsp3) is 0.188. The number of halogens is 5. The normalized spacial score (nSPS) is 11.6. The molecule has 4 nitrogen and oxygen atoms in total. The van der Waals surface area contributed by atoms with Crippen LogP contribution in [0, 0.1) is 12.7 Å². The van der Waals surface area contributed by atoms with E-state index in [1.165, 1.54) is 18.2 Å². The van der Waals surface area contributed by atoms with Gasteiger partial charge in [0.25, 0.3) is 0 Å². The largest absolute Gasteiger partial charge is 0.573 e. The molecular weight excluding hydrogens is 453 g/mol. The van der Waals surface area contributed by atoms with Gasteiger partial charge >= 0.3 is 6.36 Å². The van der Waals surface area contributed by atoms with E-state index < -0.39 is 6.36 Å². The van der Waals surface area contributed by atoms with Gasteiger partial charge in [-0.05, 0) is 48.4 Å². The Morgan fingerprint density at radius 2 is 1.80 bits per heavy atom. The minimum Gasteiger partial charge on any atom is -0.406 e. The second-order valence-electron chi connectivity index (χ2n) is 4.98. The number of aliphatic imine (C=N–C) groups is 1. The first-order valence-corrected chi connectivity index (χ1v) is 6.91. The molecule has 0 heterocycles. The number of nitrogens with one attached hydrogen (secondary N) is 1. The summed E-state index contributed by atoms with van der Waals surface area (Å²) in [6.45, 7) is 1.83. The molecule has 9 heteroatoms. The van der Waals surface area contributed by atoms with Gasteiger partial charge in [0.15, 0.2) is 5.96 Å². The first-order chi connectivity index (χ1) is 11.2. The summed E-state index contributed by atoms with van der Waals surface area (Å²) in [5.74, 6) is -0.603. The Morgan fingerprint density at radius 1 is 1.16 bits per heavy atom. The van der Waals surface area contributed by atoms with Crippen LogP contribution in [0.15, 0.2) is 47.5 Å². The zero-order valence-corrected chi connectivity index (χ0v) is 15.4. The van der Waals surface area contributed by atoms with Crippen LogP contribution in [0.5, 0.6) is 5.75 Å². The van der Waals surface area contributed by atoms with Gasteiger partial charge in [0.1, 0.15) is 11.6 Å². The molecule has 0 aliphatic carbocycles. The third-order valence-electron chi connectivity index (χ3n) is 3.03. The van der Waals surface area contributed by atoms with Gasteiger partial charge in [-0.25, -0.2) is 9.38 Å². The molecule has 0 amide bonds. The van der Waals surface area contributed by atoms with E-state index in [0.717, 1.165) is 12.1 Å². The lowest BCUT2D eigenvalue weighted by Crippen LogP contribution is -2.22. The van der Waals surface area contributed by atoms with Gasteiger partial charge < -0.3 is 15.8 Å². The minimum atomic E-state index is -4.74. The highest BCUT2D eigenvalue weighted by molar-refractivity contribution is 14.0. The van der Waals surface area contributed by atoms with Crippen LogP contribution < -0.4 is 15.8 Å². The van der Waals surface area contributed by atoms with Crippen molar-refractivity contribution in [1.82, 2.24) is 0 Å². The minimum absolute atomic E-state index is 0. The van der Waals surface area contributed by atoms with Crippen LogP contribution in [0.25, 0.3) is 0 Å². The van der Waals surface area contributed by atoms with Crippen molar-refractivity contribution >= 4 is 35.6 Å². The Labute approximate surface area is 159 Å². The van der Waals surface area contributed by atoms with Crippen LogP contribution in [0.1, 0.15) is 11.1 Å². The topological polar surface area (TPSA) is 59.6 Å². The van der Waals surface area contributed by atoms with Crippen molar-refractivity contribution in [3.63, 3.8) is 0 Å². The highest BCUT2D eigenvalue weighted by Crippen LogP contribution is 2.23. The van der Waals surface area contributed by atoms with Crippen molar-refractivity contribution < 1.29 is 22.3 Å². The number of hydrogen-bond donors (Lipinski definition) is 2. The molecule has 0 aliphatic rings. The Balaban J connectivity index is 0.00000312. The predicted molar refractivity (Wildman–Crippen MR) is 98.6 cm³/mol. The van der Waals surface area contributed by atoms with Gasteiger partial charge in [-0.1, -0.05) is 12.1 Å². The first-order valence-electron chi connectivity index (χ1n) is 6.91. The highest BCUT2D eigenvalue weighted by atomic mass is 127. The standard InChI is InChI=1S/C16H15F4N3O.HI/c1-10-2-3-11(8-14(10)17)9-22-15(21)23-12-4-6-13(7-5-12)24-16(18,19)20;/h2-8H,9H2,1H3,(H3,21,22,23);1H. The van der Waals surface area contributed by atoms with E-state index in [1.807, 2.05) is 0 Å². The van der Waals surface area contributed by atoms with Gasteiger partial charge in [0, 0.05) is 5.69 Å². The summed E-state index contributed by atoms with van der Waals surface area (Å²) < 4.78 is 53.4. The van der Waals surface area contributed by atoms with E-state index in [0.29, 0.717) is 16.8 Å². The van der Waals surface area contributed by atoms with Crippen LogP contribution in [-0.2, 0) is 6.54 Å². The molecule has 25 heavy (non-hydrogen) atoms. The summed E-state index contributed by atoms with van der Waals surface area (Å²) in [6, 6.07) is 9.79. The predicted octanol–water partition coefficient (Wildman–Crippen LogP) is 4.58. The number of alkyl halides is 3. The second-order valence-corrected chi connectivity index (χ2v) is 4.98. The zero-order chi connectivity index (χ0) is 17.7. The van der Waals surface area contributed by atoms with Crippen molar-refractivity contribution in [1.29, 1.82) is 0 Å². The number of rotatable bonds is 4. The summed E-state index contributed by atoms with van der Waals surface area (Å²) in [5.41, 5.74) is 7.33. The van der Waals surface area contributed by atoms with Crippen LogP contribution in [0.3, 0.4) is 0 Å². The third kappa shape index (κ3) is 7.16. The quantitative estimate of drug-likeness (QED) is 0.299. The number of hydrogen-bond acceptors (Lipinski definition) is 2. The maximum atomic E-state index is 13.4. The average molecular weight is 469 g/mol. The summed E-state index contributed by atoms with van der Waals surface area (Å²) >= 11 is 0. The molecule has 136 valence electrons.